The van der Waals surface area contributed by atoms with E-state index < -0.39 is 5.97 Å². The number of rotatable bonds is 5. The second kappa shape index (κ2) is 6.98. The maximum absolute atomic E-state index is 10.8. The van der Waals surface area contributed by atoms with Gasteiger partial charge in [-0.05, 0) is 25.3 Å². The summed E-state index contributed by atoms with van der Waals surface area (Å²) >= 11 is 4.31. The Morgan fingerprint density at radius 3 is 2.81 bits per heavy atom. The van der Waals surface area contributed by atoms with Crippen LogP contribution < -0.4 is 0 Å². The first-order valence-corrected chi connectivity index (χ1v) is 8.84. The van der Waals surface area contributed by atoms with Crippen LogP contribution in [0.3, 0.4) is 0 Å². The molecule has 0 spiro atoms. The zero-order valence-electron chi connectivity index (χ0n) is 11.4. The molecule has 108 valence electrons. The summed E-state index contributed by atoms with van der Waals surface area (Å²) in [5.41, 5.74) is 1.38. The number of aryl methyl sites for hydroxylation is 1. The van der Waals surface area contributed by atoms with Crippen LogP contribution in [0, 0.1) is 18.3 Å². The van der Waals surface area contributed by atoms with Crippen molar-refractivity contribution in [2.24, 2.45) is 0 Å². The van der Waals surface area contributed by atoms with E-state index >= 15 is 0 Å². The van der Waals surface area contributed by atoms with Crippen LogP contribution in [0.5, 0.6) is 0 Å². The van der Waals surface area contributed by atoms with Crippen molar-refractivity contribution in [2.45, 2.75) is 27.5 Å². The molecule has 0 amide bonds. The summed E-state index contributed by atoms with van der Waals surface area (Å²) in [7, 11) is 0. The second-order valence-electron chi connectivity index (χ2n) is 4.11. The van der Waals surface area contributed by atoms with Crippen LogP contribution in [0.4, 0.5) is 0 Å². The van der Waals surface area contributed by atoms with Crippen molar-refractivity contribution in [3.63, 3.8) is 0 Å². The molecule has 21 heavy (non-hydrogen) atoms. The van der Waals surface area contributed by atoms with Crippen molar-refractivity contribution >= 4 is 40.8 Å². The molecule has 7 heteroatoms. The van der Waals surface area contributed by atoms with Gasteiger partial charge in [-0.15, -0.1) is 23.1 Å². The van der Waals surface area contributed by atoms with Crippen LogP contribution in [0.2, 0.25) is 0 Å². The summed E-state index contributed by atoms with van der Waals surface area (Å²) in [6, 6.07) is 7.94. The van der Waals surface area contributed by atoms with Gasteiger partial charge in [-0.1, -0.05) is 17.8 Å². The van der Waals surface area contributed by atoms with Crippen LogP contribution in [0.25, 0.3) is 0 Å². The lowest BCUT2D eigenvalue weighted by molar-refractivity contribution is -0.136. The standard InChI is InChI=1S/C14H12N2O2S3/c1-8-12(6-13(17)18)21-14(16-8)20-11-5-3-4-10(19-2)9(11)7-15/h3-5H,6H2,1-2H3,(H,17,18). The fourth-order valence-corrected chi connectivity index (χ4v) is 4.65. The lowest BCUT2D eigenvalue weighted by Crippen LogP contribution is -1.99. The maximum Gasteiger partial charge on any atom is 0.308 e. The van der Waals surface area contributed by atoms with E-state index in [2.05, 4.69) is 11.1 Å². The molecular formula is C14H12N2O2S3. The Morgan fingerprint density at radius 1 is 1.48 bits per heavy atom. The molecule has 0 aliphatic rings. The molecule has 4 nitrogen and oxygen atoms in total. The van der Waals surface area contributed by atoms with E-state index in [1.807, 2.05) is 31.4 Å². The molecule has 0 fully saturated rings. The molecule has 0 bridgehead atoms. The Balaban J connectivity index is 2.31. The van der Waals surface area contributed by atoms with Gasteiger partial charge in [-0.3, -0.25) is 4.79 Å². The summed E-state index contributed by atoms with van der Waals surface area (Å²) in [4.78, 5) is 17.7. The van der Waals surface area contributed by atoms with Crippen molar-refractivity contribution in [1.29, 1.82) is 5.26 Å². The van der Waals surface area contributed by atoms with Crippen molar-refractivity contribution in [3.05, 3.63) is 34.3 Å². The third-order valence-corrected chi connectivity index (χ3v) is 5.76. The smallest absolute Gasteiger partial charge is 0.308 e. The van der Waals surface area contributed by atoms with E-state index in [1.165, 1.54) is 34.9 Å². The minimum Gasteiger partial charge on any atom is -0.481 e. The van der Waals surface area contributed by atoms with E-state index in [9.17, 15) is 10.1 Å². The monoisotopic (exact) mass is 336 g/mol. The normalized spacial score (nSPS) is 10.3. The van der Waals surface area contributed by atoms with Gasteiger partial charge in [0.15, 0.2) is 4.34 Å². The third-order valence-electron chi connectivity index (χ3n) is 2.70. The van der Waals surface area contributed by atoms with Crippen LogP contribution in [-0.2, 0) is 11.2 Å². The number of hydrogen-bond donors (Lipinski definition) is 1. The van der Waals surface area contributed by atoms with Gasteiger partial charge < -0.3 is 5.11 Å². The summed E-state index contributed by atoms with van der Waals surface area (Å²) in [5.74, 6) is -0.861. The van der Waals surface area contributed by atoms with E-state index in [0.29, 0.717) is 5.56 Å². The van der Waals surface area contributed by atoms with Gasteiger partial charge in [0.2, 0.25) is 0 Å². The molecule has 1 aromatic heterocycles. The molecule has 2 rings (SSSR count). The Bertz CT molecular complexity index is 719. The molecule has 0 saturated carbocycles. The number of thiazole rings is 1. The van der Waals surface area contributed by atoms with Gasteiger partial charge in [0.1, 0.15) is 6.07 Å². The lowest BCUT2D eigenvalue weighted by Gasteiger charge is -2.05. The van der Waals surface area contributed by atoms with Gasteiger partial charge in [0.25, 0.3) is 0 Å². The highest BCUT2D eigenvalue weighted by Crippen LogP contribution is 2.37. The molecule has 1 N–H and O–H groups in total. The molecule has 0 radical (unpaired) electrons. The first-order valence-electron chi connectivity index (χ1n) is 5.98. The number of carboxylic acid groups (broad SMARTS) is 1. The number of nitriles is 1. The molecule has 1 heterocycles. The predicted octanol–water partition coefficient (Wildman–Crippen LogP) is 3.82. The minimum absolute atomic E-state index is 0.0139. The van der Waals surface area contributed by atoms with Gasteiger partial charge in [-0.2, -0.15) is 5.26 Å². The Kier molecular flexibility index (Phi) is 5.28. The topological polar surface area (TPSA) is 74.0 Å². The number of hydrogen-bond acceptors (Lipinski definition) is 6. The van der Waals surface area contributed by atoms with E-state index in [4.69, 9.17) is 5.11 Å². The number of benzene rings is 1. The molecule has 0 atom stereocenters. The van der Waals surface area contributed by atoms with Crippen LogP contribution >= 0.6 is 34.9 Å². The largest absolute Gasteiger partial charge is 0.481 e. The van der Waals surface area contributed by atoms with E-state index in [1.54, 1.807) is 0 Å². The van der Waals surface area contributed by atoms with Crippen LogP contribution in [-0.4, -0.2) is 22.3 Å². The Morgan fingerprint density at radius 2 is 2.19 bits per heavy atom. The van der Waals surface area contributed by atoms with E-state index in [0.717, 1.165) is 24.7 Å². The van der Waals surface area contributed by atoms with E-state index in [-0.39, 0.29) is 6.42 Å². The van der Waals surface area contributed by atoms with Crippen LogP contribution in [0.15, 0.2) is 32.3 Å². The predicted molar refractivity (Wildman–Crippen MR) is 85.3 cm³/mol. The highest BCUT2D eigenvalue weighted by Gasteiger charge is 2.14. The quantitative estimate of drug-likeness (QED) is 0.837. The molecule has 0 aliphatic carbocycles. The summed E-state index contributed by atoms with van der Waals surface area (Å²) in [5, 5.41) is 18.2. The second-order valence-corrected chi connectivity index (χ2v) is 7.33. The first kappa shape index (κ1) is 15.9. The lowest BCUT2D eigenvalue weighted by atomic mass is 10.2. The average Bonchev–Trinajstić information content (AvgIpc) is 2.77. The van der Waals surface area contributed by atoms with Gasteiger partial charge >= 0.3 is 5.97 Å². The summed E-state index contributed by atoms with van der Waals surface area (Å²) in [6.45, 7) is 1.81. The Labute approximate surface area is 135 Å². The van der Waals surface area contributed by atoms with Crippen molar-refractivity contribution < 1.29 is 9.90 Å². The molecule has 0 saturated heterocycles. The number of aromatic nitrogens is 1. The third kappa shape index (κ3) is 3.79. The molecule has 1 aromatic carbocycles. The number of nitrogens with zero attached hydrogens (tertiary/aromatic N) is 2. The van der Waals surface area contributed by atoms with Gasteiger partial charge in [0, 0.05) is 14.7 Å². The van der Waals surface area contributed by atoms with Crippen molar-refractivity contribution in [1.82, 2.24) is 4.98 Å². The summed E-state index contributed by atoms with van der Waals surface area (Å²) in [6.07, 6.45) is 1.92. The zero-order chi connectivity index (χ0) is 15.4. The zero-order valence-corrected chi connectivity index (χ0v) is 13.9. The summed E-state index contributed by atoms with van der Waals surface area (Å²) < 4.78 is 0.763. The number of thioether (sulfide) groups is 1. The molecule has 2 aromatic rings. The fourth-order valence-electron chi connectivity index (χ4n) is 1.72. The molecule has 0 aliphatic heterocycles. The van der Waals surface area contributed by atoms with Gasteiger partial charge in [0.05, 0.1) is 17.7 Å². The number of aliphatic carboxylic acids is 1. The molecular weight excluding hydrogens is 324 g/mol. The highest BCUT2D eigenvalue weighted by molar-refractivity contribution is 8.01. The first-order chi connectivity index (χ1) is 10.0. The molecule has 0 unspecified atom stereocenters. The SMILES string of the molecule is CSc1cccc(Sc2nc(C)c(CC(=O)O)s2)c1C#N. The number of carbonyl (C=O) groups is 1. The maximum atomic E-state index is 10.8. The number of carboxylic acids is 1. The van der Waals surface area contributed by atoms with Gasteiger partial charge in [-0.25, -0.2) is 4.98 Å². The Hall–Kier alpha value is -1.49. The average molecular weight is 336 g/mol. The minimum atomic E-state index is -0.861. The van der Waals surface area contributed by atoms with Crippen molar-refractivity contribution in [2.75, 3.05) is 6.26 Å². The van der Waals surface area contributed by atoms with Crippen molar-refractivity contribution in [3.8, 4) is 6.07 Å². The highest BCUT2D eigenvalue weighted by atomic mass is 32.2. The van der Waals surface area contributed by atoms with Crippen LogP contribution in [0.1, 0.15) is 16.1 Å². The fraction of sp³-hybridized carbons (Fsp3) is 0.214.